The van der Waals surface area contributed by atoms with E-state index in [2.05, 4.69) is 25.3 Å². The van der Waals surface area contributed by atoms with Crippen LogP contribution < -0.4 is 15.1 Å². The maximum atomic E-state index is 11.8. The number of piperazine rings is 1. The molecule has 172 valence electrons. The number of hydrogen-bond donors (Lipinski definition) is 3. The minimum Gasteiger partial charge on any atom is -0.478 e. The van der Waals surface area contributed by atoms with E-state index in [4.69, 9.17) is 9.84 Å². The average Bonchev–Trinajstić information content (AvgIpc) is 2.76. The molecule has 0 bridgehead atoms. The number of carbonyl (C=O) groups is 2. The summed E-state index contributed by atoms with van der Waals surface area (Å²) in [6.07, 6.45) is 5.25. The highest BCUT2D eigenvalue weighted by atomic mass is 16.6. The third-order valence-corrected chi connectivity index (χ3v) is 4.65. The molecule has 3 N–H and O–H groups in total. The number of aliphatic hydroxyl groups is 1. The quantitative estimate of drug-likeness (QED) is 0.575. The molecule has 2 aromatic heterocycles. The number of carboxylic acids is 1. The highest BCUT2D eigenvalue weighted by Gasteiger charge is 2.29. The van der Waals surface area contributed by atoms with E-state index < -0.39 is 17.7 Å². The number of nitrogens with zero attached hydrogens (tertiary/aromatic N) is 6. The summed E-state index contributed by atoms with van der Waals surface area (Å²) in [5, 5.41) is 21.5. The van der Waals surface area contributed by atoms with Crippen LogP contribution in [0.5, 0.6) is 0 Å². The van der Waals surface area contributed by atoms with Gasteiger partial charge < -0.3 is 30.1 Å². The minimum atomic E-state index is -1.10. The standard InChI is InChI=1S/C20H27N7O5/c1-20(2,3)32-19(31)25-8-13-6-21-17(22-7-13)26-4-5-27(15(11-26)12-28)18-23-9-14(10-24-18)16(29)30/h6-7,9-10,15,28H,4-5,8,11-12H2,1-3H3,(H,25,31)(H,29,30). The van der Waals surface area contributed by atoms with Gasteiger partial charge in [-0.25, -0.2) is 29.5 Å². The lowest BCUT2D eigenvalue weighted by Crippen LogP contribution is -2.56. The van der Waals surface area contributed by atoms with Crippen molar-refractivity contribution in [2.75, 3.05) is 36.0 Å². The van der Waals surface area contributed by atoms with E-state index in [0.717, 1.165) is 5.56 Å². The van der Waals surface area contributed by atoms with Crippen molar-refractivity contribution in [2.45, 2.75) is 39.0 Å². The summed E-state index contributed by atoms with van der Waals surface area (Å²) < 4.78 is 5.20. The van der Waals surface area contributed by atoms with E-state index in [1.165, 1.54) is 12.4 Å². The Balaban J connectivity index is 1.59. The zero-order valence-electron chi connectivity index (χ0n) is 18.2. The summed E-state index contributed by atoms with van der Waals surface area (Å²) in [7, 11) is 0. The van der Waals surface area contributed by atoms with E-state index in [9.17, 15) is 14.7 Å². The summed E-state index contributed by atoms with van der Waals surface area (Å²) in [4.78, 5) is 43.5. The topological polar surface area (TPSA) is 154 Å². The van der Waals surface area contributed by atoms with Crippen molar-refractivity contribution in [1.29, 1.82) is 0 Å². The molecule has 0 aromatic carbocycles. The number of amides is 1. The second kappa shape index (κ2) is 9.73. The molecule has 0 spiro atoms. The van der Waals surface area contributed by atoms with Crippen molar-refractivity contribution in [3.63, 3.8) is 0 Å². The van der Waals surface area contributed by atoms with Gasteiger partial charge in [0.05, 0.1) is 18.2 Å². The first-order chi connectivity index (χ1) is 15.2. The van der Waals surface area contributed by atoms with Crippen molar-refractivity contribution >= 4 is 24.0 Å². The number of aromatic carboxylic acids is 1. The van der Waals surface area contributed by atoms with Gasteiger partial charge in [-0.15, -0.1) is 0 Å². The molecular formula is C20H27N7O5. The Morgan fingerprint density at radius 2 is 1.72 bits per heavy atom. The molecule has 12 heteroatoms. The molecule has 1 unspecified atom stereocenters. The molecule has 3 rings (SSSR count). The van der Waals surface area contributed by atoms with Crippen LogP contribution in [0.2, 0.25) is 0 Å². The summed E-state index contributed by atoms with van der Waals surface area (Å²) >= 11 is 0. The molecule has 1 aliphatic rings. The Morgan fingerprint density at radius 3 is 2.28 bits per heavy atom. The van der Waals surface area contributed by atoms with Gasteiger partial charge in [0.25, 0.3) is 0 Å². The lowest BCUT2D eigenvalue weighted by atomic mass is 10.2. The van der Waals surface area contributed by atoms with Crippen LogP contribution in [0.3, 0.4) is 0 Å². The Kier molecular flexibility index (Phi) is 7.03. The van der Waals surface area contributed by atoms with Crippen LogP contribution in [0.15, 0.2) is 24.8 Å². The maximum absolute atomic E-state index is 11.8. The lowest BCUT2D eigenvalue weighted by molar-refractivity contribution is 0.0523. The van der Waals surface area contributed by atoms with Crippen molar-refractivity contribution < 1.29 is 24.5 Å². The van der Waals surface area contributed by atoms with Crippen LogP contribution in [0.25, 0.3) is 0 Å². The summed E-state index contributed by atoms with van der Waals surface area (Å²) in [5.74, 6) is -0.230. The molecule has 1 aliphatic heterocycles. The van der Waals surface area contributed by atoms with E-state index in [0.29, 0.717) is 31.5 Å². The fourth-order valence-corrected chi connectivity index (χ4v) is 3.13. The first-order valence-electron chi connectivity index (χ1n) is 10.1. The van der Waals surface area contributed by atoms with Crippen LogP contribution >= 0.6 is 0 Å². The second-order valence-electron chi connectivity index (χ2n) is 8.30. The molecule has 1 fully saturated rings. The normalized spacial score (nSPS) is 16.6. The average molecular weight is 445 g/mol. The third kappa shape index (κ3) is 6.00. The number of aliphatic hydroxyl groups excluding tert-OH is 1. The van der Waals surface area contributed by atoms with Gasteiger partial charge in [-0.3, -0.25) is 0 Å². The van der Waals surface area contributed by atoms with Gasteiger partial charge in [-0.2, -0.15) is 0 Å². The predicted octanol–water partition coefficient (Wildman–Crippen LogP) is 0.677. The van der Waals surface area contributed by atoms with Crippen LogP contribution in [-0.2, 0) is 11.3 Å². The van der Waals surface area contributed by atoms with Crippen LogP contribution in [0.4, 0.5) is 16.7 Å². The Labute approximate surface area is 185 Å². The number of nitrogens with one attached hydrogen (secondary N) is 1. The molecule has 32 heavy (non-hydrogen) atoms. The number of carbonyl (C=O) groups excluding carboxylic acids is 1. The molecule has 0 saturated carbocycles. The Bertz CT molecular complexity index is 931. The smallest absolute Gasteiger partial charge is 0.407 e. The molecule has 2 aromatic rings. The van der Waals surface area contributed by atoms with Gasteiger partial charge in [-0.1, -0.05) is 0 Å². The first-order valence-corrected chi connectivity index (χ1v) is 10.1. The van der Waals surface area contributed by atoms with Gasteiger partial charge in [-0.05, 0) is 20.8 Å². The van der Waals surface area contributed by atoms with Crippen molar-refractivity contribution in [1.82, 2.24) is 25.3 Å². The number of hydrogen-bond acceptors (Lipinski definition) is 10. The maximum Gasteiger partial charge on any atom is 0.407 e. The third-order valence-electron chi connectivity index (χ3n) is 4.65. The van der Waals surface area contributed by atoms with Gasteiger partial charge in [0.2, 0.25) is 11.9 Å². The van der Waals surface area contributed by atoms with Crippen molar-refractivity contribution in [2.24, 2.45) is 0 Å². The zero-order valence-corrected chi connectivity index (χ0v) is 18.2. The molecule has 12 nitrogen and oxygen atoms in total. The summed E-state index contributed by atoms with van der Waals surface area (Å²) in [5.41, 5.74) is 0.158. The SMILES string of the molecule is CC(C)(C)OC(=O)NCc1cnc(N2CCN(c3ncc(C(=O)O)cn3)C(CO)C2)nc1. The monoisotopic (exact) mass is 445 g/mol. The molecule has 0 aliphatic carbocycles. The number of anilines is 2. The Hall–Kier alpha value is -3.54. The number of carboxylic acid groups (broad SMARTS) is 1. The zero-order chi connectivity index (χ0) is 23.3. The number of alkyl carbamates (subject to hydrolysis) is 1. The molecular weight excluding hydrogens is 418 g/mol. The van der Waals surface area contributed by atoms with E-state index >= 15 is 0 Å². The molecule has 3 heterocycles. The van der Waals surface area contributed by atoms with Gasteiger partial charge in [0, 0.05) is 56.5 Å². The molecule has 1 amide bonds. The molecule has 1 saturated heterocycles. The van der Waals surface area contributed by atoms with Crippen molar-refractivity contribution in [3.8, 4) is 0 Å². The fraction of sp³-hybridized carbons (Fsp3) is 0.500. The number of ether oxygens (including phenoxy) is 1. The lowest BCUT2D eigenvalue weighted by Gasteiger charge is -2.40. The largest absolute Gasteiger partial charge is 0.478 e. The number of rotatable bonds is 6. The van der Waals surface area contributed by atoms with Gasteiger partial charge >= 0.3 is 12.1 Å². The van der Waals surface area contributed by atoms with E-state index in [-0.39, 0.29) is 24.8 Å². The van der Waals surface area contributed by atoms with E-state index in [1.54, 1.807) is 33.2 Å². The Morgan fingerprint density at radius 1 is 1.09 bits per heavy atom. The van der Waals surface area contributed by atoms with Crippen LogP contribution in [0, 0.1) is 0 Å². The van der Waals surface area contributed by atoms with Gasteiger partial charge in [0.15, 0.2) is 0 Å². The van der Waals surface area contributed by atoms with Crippen LogP contribution in [-0.4, -0.2) is 80.1 Å². The van der Waals surface area contributed by atoms with Gasteiger partial charge in [0.1, 0.15) is 5.60 Å². The molecule has 1 atom stereocenters. The first kappa shape index (κ1) is 23.1. The summed E-state index contributed by atoms with van der Waals surface area (Å²) in [6.45, 7) is 6.99. The summed E-state index contributed by atoms with van der Waals surface area (Å²) in [6, 6.07) is -0.309. The highest BCUT2D eigenvalue weighted by Crippen LogP contribution is 2.19. The molecule has 0 radical (unpaired) electrons. The van der Waals surface area contributed by atoms with E-state index in [1.807, 2.05) is 9.80 Å². The predicted molar refractivity (Wildman–Crippen MR) is 115 cm³/mol. The highest BCUT2D eigenvalue weighted by molar-refractivity contribution is 5.86. The fourth-order valence-electron chi connectivity index (χ4n) is 3.13. The second-order valence-corrected chi connectivity index (χ2v) is 8.30. The van der Waals surface area contributed by atoms with Crippen molar-refractivity contribution in [3.05, 3.63) is 35.9 Å². The minimum absolute atomic E-state index is 0.00239. The van der Waals surface area contributed by atoms with Crippen LogP contribution in [0.1, 0.15) is 36.7 Å². The number of aromatic nitrogens is 4.